The third-order valence-electron chi connectivity index (χ3n) is 12.4. The van der Waals surface area contributed by atoms with Crippen molar-refractivity contribution in [2.75, 3.05) is 38.6 Å². The van der Waals surface area contributed by atoms with Gasteiger partial charge in [0.05, 0.1) is 34.8 Å². The number of likely N-dealkylation sites (tertiary alicyclic amines) is 1. The number of fused-ring (bicyclic) bond motifs is 2. The molecule has 0 saturated carbocycles. The van der Waals surface area contributed by atoms with E-state index in [9.17, 15) is 19.2 Å². The van der Waals surface area contributed by atoms with Gasteiger partial charge in [-0.1, -0.05) is 48.9 Å². The van der Waals surface area contributed by atoms with E-state index >= 15 is 8.78 Å². The minimum Gasteiger partial charge on any atom is -0.494 e. The number of carbonyl (C=O) groups is 4. The average Bonchev–Trinajstić information content (AvgIpc) is 3.73. The number of hydrogen-bond donors (Lipinski definition) is 4. The van der Waals surface area contributed by atoms with Crippen LogP contribution in [-0.2, 0) is 27.0 Å². The lowest BCUT2D eigenvalue weighted by atomic mass is 9.77. The van der Waals surface area contributed by atoms with E-state index in [0.717, 1.165) is 22.2 Å². The Bertz CT molecular complexity index is 2560. The molecule has 1 unspecified atom stereocenters. The zero-order chi connectivity index (χ0) is 43.2. The zero-order valence-corrected chi connectivity index (χ0v) is 34.7. The number of benzene rings is 4. The minimum absolute atomic E-state index is 0.0232. The molecule has 4 amide bonds. The number of ether oxygens (including phenoxy) is 2. The number of aromatic nitrogens is 2. The number of halogens is 3. The Hall–Kier alpha value is -6.06. The Labute approximate surface area is 355 Å². The van der Waals surface area contributed by atoms with Crippen LogP contribution in [0.25, 0.3) is 22.0 Å². The lowest BCUT2D eigenvalue weighted by Gasteiger charge is -2.38. The number of rotatable bonds is 12. The van der Waals surface area contributed by atoms with Crippen molar-refractivity contribution in [1.82, 2.24) is 25.3 Å². The van der Waals surface area contributed by atoms with Crippen LogP contribution in [0.1, 0.15) is 78.0 Å². The molecular weight excluding hydrogens is 808 g/mol. The number of nitrogens with one attached hydrogen (secondary N) is 3. The van der Waals surface area contributed by atoms with Gasteiger partial charge in [-0.25, -0.2) is 8.78 Å². The molecule has 3 aliphatic heterocycles. The molecule has 3 atom stereocenters. The summed E-state index contributed by atoms with van der Waals surface area (Å²) in [6.45, 7) is 3.70. The topological polar surface area (TPSA) is 170 Å². The second kappa shape index (κ2) is 16.8. The molecule has 0 aliphatic carbocycles. The van der Waals surface area contributed by atoms with Crippen molar-refractivity contribution in [2.24, 2.45) is 12.8 Å². The van der Waals surface area contributed by atoms with Gasteiger partial charge in [-0.3, -0.25) is 29.2 Å². The number of anilines is 1. The normalized spacial score (nSPS) is 20.3. The second-order valence-electron chi connectivity index (χ2n) is 15.9. The highest BCUT2D eigenvalue weighted by molar-refractivity contribution is 6.34. The monoisotopic (exact) mass is 853 g/mol. The van der Waals surface area contributed by atoms with Crippen LogP contribution in [0.4, 0.5) is 14.5 Å². The first-order valence-corrected chi connectivity index (χ1v) is 20.7. The number of amides is 4. The summed E-state index contributed by atoms with van der Waals surface area (Å²) in [5.41, 5.74) is 7.67. The summed E-state index contributed by atoms with van der Waals surface area (Å²) in [4.78, 5) is 52.0. The van der Waals surface area contributed by atoms with E-state index in [2.05, 4.69) is 21.0 Å². The maximum absolute atomic E-state index is 16.1. The van der Waals surface area contributed by atoms with Gasteiger partial charge in [-0.2, -0.15) is 5.10 Å². The molecule has 61 heavy (non-hydrogen) atoms. The highest BCUT2D eigenvalue weighted by atomic mass is 35.5. The molecule has 1 aromatic heterocycles. The number of aryl methyl sites for hydroxylation is 1. The fourth-order valence-corrected chi connectivity index (χ4v) is 9.34. The number of nitrogens with zero attached hydrogens (tertiary/aromatic N) is 3. The summed E-state index contributed by atoms with van der Waals surface area (Å²) >= 11 is 6.66. The number of imide groups is 1. The first-order valence-electron chi connectivity index (χ1n) is 20.3. The molecule has 5 N–H and O–H groups in total. The molecule has 318 valence electrons. The lowest BCUT2D eigenvalue weighted by molar-refractivity contribution is -0.134. The van der Waals surface area contributed by atoms with Crippen molar-refractivity contribution >= 4 is 51.8 Å². The molecule has 4 heterocycles. The standard InChI is InChI=1S/C45H46ClF2N7O6/c1-24-37-34(22-31(47)40(46)39(37)38-29(43(49)58)11-13-33(60-3)41(38)48)61-45(24,25-7-5-4-6-8-25)23-51-26-16-19-55(20-17-26)36(57)15-18-50-27-9-10-28-32(21-27)54(2)53-42(28)30-12-14-35(56)52-44(30)59/h4-11,13,21-22,24,26,30,50-51H,12,14-20,23H2,1-3H3,(H2,49,58)(H,52,56,59)/t24-,30?,45-/m0/s1. The third kappa shape index (κ3) is 7.65. The Morgan fingerprint density at radius 3 is 2.51 bits per heavy atom. The summed E-state index contributed by atoms with van der Waals surface area (Å²) in [6, 6.07) is 19.1. The molecule has 3 aliphatic rings. The Kier molecular flexibility index (Phi) is 11.5. The average molecular weight is 854 g/mol. The van der Waals surface area contributed by atoms with Gasteiger partial charge in [0.15, 0.2) is 17.2 Å². The summed E-state index contributed by atoms with van der Waals surface area (Å²) < 4.78 is 45.5. The van der Waals surface area contributed by atoms with Gasteiger partial charge in [0.1, 0.15) is 11.6 Å². The van der Waals surface area contributed by atoms with Gasteiger partial charge >= 0.3 is 0 Å². The van der Waals surface area contributed by atoms with Gasteiger partial charge in [0, 0.05) is 91.9 Å². The van der Waals surface area contributed by atoms with Crippen molar-refractivity contribution in [3.05, 3.63) is 106 Å². The van der Waals surface area contributed by atoms with Crippen molar-refractivity contribution in [3.63, 3.8) is 0 Å². The fourth-order valence-electron chi connectivity index (χ4n) is 9.09. The molecule has 0 bridgehead atoms. The van der Waals surface area contributed by atoms with Gasteiger partial charge in [-0.15, -0.1) is 0 Å². The van der Waals surface area contributed by atoms with E-state index in [-0.39, 0.29) is 76.4 Å². The Morgan fingerprint density at radius 1 is 1.05 bits per heavy atom. The van der Waals surface area contributed by atoms with E-state index < -0.39 is 35.0 Å². The maximum Gasteiger partial charge on any atom is 0.249 e. The van der Waals surface area contributed by atoms with Crippen LogP contribution >= 0.6 is 11.6 Å². The van der Waals surface area contributed by atoms with Crippen molar-refractivity contribution < 1.29 is 37.4 Å². The molecular formula is C45H46ClF2N7O6. The van der Waals surface area contributed by atoms with E-state index in [0.29, 0.717) is 50.2 Å². The van der Waals surface area contributed by atoms with Crippen molar-refractivity contribution in [1.29, 1.82) is 0 Å². The van der Waals surface area contributed by atoms with Gasteiger partial charge < -0.3 is 30.7 Å². The van der Waals surface area contributed by atoms with Crippen LogP contribution in [0.2, 0.25) is 5.02 Å². The summed E-state index contributed by atoms with van der Waals surface area (Å²) in [5, 5.41) is 14.5. The molecule has 16 heteroatoms. The van der Waals surface area contributed by atoms with Crippen LogP contribution in [-0.4, -0.2) is 77.6 Å². The van der Waals surface area contributed by atoms with Crippen LogP contribution < -0.4 is 31.2 Å². The fraction of sp³-hybridized carbons (Fsp3) is 0.356. The first-order chi connectivity index (χ1) is 29.3. The Balaban J connectivity index is 0.931. The van der Waals surface area contributed by atoms with Gasteiger partial charge in [-0.05, 0) is 55.2 Å². The summed E-state index contributed by atoms with van der Waals surface area (Å²) in [6.07, 6.45) is 2.34. The number of nitrogens with two attached hydrogens (primary N) is 1. The smallest absolute Gasteiger partial charge is 0.249 e. The second-order valence-corrected chi connectivity index (χ2v) is 16.2. The molecule has 2 fully saturated rings. The minimum atomic E-state index is -1.10. The van der Waals surface area contributed by atoms with Crippen LogP contribution in [0.15, 0.2) is 66.7 Å². The predicted octanol–water partition coefficient (Wildman–Crippen LogP) is 6.27. The number of carbonyl (C=O) groups excluding carboxylic acids is 4. The van der Waals surface area contributed by atoms with E-state index in [1.54, 1.807) is 4.68 Å². The molecule has 5 aromatic rings. The Morgan fingerprint density at radius 2 is 1.80 bits per heavy atom. The highest BCUT2D eigenvalue weighted by Crippen LogP contribution is 2.56. The zero-order valence-electron chi connectivity index (χ0n) is 33.9. The lowest BCUT2D eigenvalue weighted by Crippen LogP contribution is -2.51. The van der Waals surface area contributed by atoms with E-state index in [1.165, 1.54) is 25.3 Å². The van der Waals surface area contributed by atoms with Crippen LogP contribution in [0, 0.1) is 11.6 Å². The predicted molar refractivity (Wildman–Crippen MR) is 226 cm³/mol. The van der Waals surface area contributed by atoms with E-state index in [4.69, 9.17) is 26.8 Å². The molecule has 8 rings (SSSR count). The largest absolute Gasteiger partial charge is 0.494 e. The van der Waals surface area contributed by atoms with Gasteiger partial charge in [0.2, 0.25) is 23.6 Å². The van der Waals surface area contributed by atoms with E-state index in [1.807, 2.05) is 67.4 Å². The molecule has 0 spiro atoms. The summed E-state index contributed by atoms with van der Waals surface area (Å²) in [5.74, 6) is -4.26. The number of piperidine rings is 2. The van der Waals surface area contributed by atoms with Gasteiger partial charge in [0.25, 0.3) is 0 Å². The molecule has 2 saturated heterocycles. The maximum atomic E-state index is 16.1. The quantitative estimate of drug-likeness (QED) is 0.106. The number of primary amides is 1. The first kappa shape index (κ1) is 41.7. The van der Waals surface area contributed by atoms with Crippen molar-refractivity contribution in [2.45, 2.75) is 62.5 Å². The molecule has 0 radical (unpaired) electrons. The SMILES string of the molecule is COc1ccc(C(N)=O)c(-c2c(Cl)c(F)cc3c2[C@H](C)[C@@](CNC2CCN(C(=O)CCNc4ccc5c(C6CCC(=O)NC6=O)nn(C)c5c4)CC2)(c2ccccc2)O3)c1F. The number of hydrogen-bond acceptors (Lipinski definition) is 9. The highest BCUT2D eigenvalue weighted by Gasteiger charge is 2.50. The van der Waals surface area contributed by atoms with Crippen LogP contribution in [0.3, 0.4) is 0 Å². The third-order valence-corrected chi connectivity index (χ3v) is 12.7. The summed E-state index contributed by atoms with van der Waals surface area (Å²) in [7, 11) is 3.10. The van der Waals surface area contributed by atoms with Crippen LogP contribution in [0.5, 0.6) is 11.5 Å². The number of methoxy groups -OCH3 is 1. The molecule has 13 nitrogen and oxygen atoms in total. The van der Waals surface area contributed by atoms with Crippen molar-refractivity contribution in [3.8, 4) is 22.6 Å². The molecule has 4 aromatic carbocycles.